The smallest absolute Gasteiger partial charge is 0.0483 e. The molecule has 72 valence electrons. The Labute approximate surface area is 71.6 Å². The van der Waals surface area contributed by atoms with Crippen LogP contribution in [-0.4, -0.2) is 11.2 Å². The second-order valence-electron chi connectivity index (χ2n) is 2.80. The van der Waals surface area contributed by atoms with E-state index in [0.717, 1.165) is 0 Å². The molecule has 0 aliphatic carbocycles. The second-order valence-corrected chi connectivity index (χ2v) is 2.80. The van der Waals surface area contributed by atoms with E-state index in [1.807, 2.05) is 0 Å². The standard InChI is InChI=1S/C6H14.C3H8O.H3N/c1-3-5-6-4-2;1-3(2)4;/h3-6H2,1-2H3;3-4H,1-2H3;1H3. The molecule has 0 atom stereocenters. The van der Waals surface area contributed by atoms with Gasteiger partial charge in [0.25, 0.3) is 0 Å². The summed E-state index contributed by atoms with van der Waals surface area (Å²) in [5.41, 5.74) is 0. The van der Waals surface area contributed by atoms with Crippen molar-refractivity contribution in [2.75, 3.05) is 0 Å². The molecule has 0 fully saturated rings. The first-order valence-electron chi connectivity index (χ1n) is 4.33. The molecule has 2 nitrogen and oxygen atoms in total. The van der Waals surface area contributed by atoms with Gasteiger partial charge in [0.05, 0.1) is 0 Å². The lowest BCUT2D eigenvalue weighted by molar-refractivity contribution is 0.216. The van der Waals surface area contributed by atoms with Crippen LogP contribution in [0.2, 0.25) is 0 Å². The van der Waals surface area contributed by atoms with Crippen LogP contribution in [0.5, 0.6) is 0 Å². The number of hydrogen-bond acceptors (Lipinski definition) is 2. The maximum atomic E-state index is 8.06. The Morgan fingerprint density at radius 2 is 1.18 bits per heavy atom. The van der Waals surface area contributed by atoms with Crippen molar-refractivity contribution in [2.45, 2.75) is 59.5 Å². The summed E-state index contributed by atoms with van der Waals surface area (Å²) in [5, 5.41) is 8.06. The minimum Gasteiger partial charge on any atom is -0.394 e. The minimum atomic E-state index is -0.167. The summed E-state index contributed by atoms with van der Waals surface area (Å²) in [5.74, 6) is 0. The first-order valence-corrected chi connectivity index (χ1v) is 4.33. The van der Waals surface area contributed by atoms with E-state index >= 15 is 0 Å². The predicted octanol–water partition coefficient (Wildman–Crippen LogP) is 3.14. The summed E-state index contributed by atoms with van der Waals surface area (Å²) in [6.45, 7) is 7.91. The number of unbranched alkanes of at least 4 members (excludes halogenated alkanes) is 3. The van der Waals surface area contributed by atoms with Crippen LogP contribution in [0.4, 0.5) is 0 Å². The fraction of sp³-hybridized carbons (Fsp3) is 1.00. The fourth-order valence-electron chi connectivity index (χ4n) is 0.500. The van der Waals surface area contributed by atoms with E-state index < -0.39 is 0 Å². The van der Waals surface area contributed by atoms with E-state index in [1.54, 1.807) is 13.8 Å². The Balaban J connectivity index is -0.000000114. The second kappa shape index (κ2) is 16.5. The zero-order chi connectivity index (χ0) is 8.41. The van der Waals surface area contributed by atoms with Crippen LogP contribution < -0.4 is 6.15 Å². The maximum Gasteiger partial charge on any atom is 0.0483 e. The lowest BCUT2D eigenvalue weighted by Gasteiger charge is -1.86. The predicted molar refractivity (Wildman–Crippen MR) is 52.2 cm³/mol. The van der Waals surface area contributed by atoms with E-state index in [1.165, 1.54) is 25.7 Å². The molecule has 0 saturated carbocycles. The molecule has 0 spiro atoms. The van der Waals surface area contributed by atoms with Gasteiger partial charge in [-0.2, -0.15) is 0 Å². The van der Waals surface area contributed by atoms with Crippen LogP contribution in [0.15, 0.2) is 0 Å². The molecular formula is C9H25NO. The normalized spacial score (nSPS) is 8.18. The van der Waals surface area contributed by atoms with Gasteiger partial charge in [0, 0.05) is 6.10 Å². The van der Waals surface area contributed by atoms with Crippen LogP contribution in [0.3, 0.4) is 0 Å². The van der Waals surface area contributed by atoms with Gasteiger partial charge < -0.3 is 11.3 Å². The molecule has 0 aliphatic heterocycles. The highest BCUT2D eigenvalue weighted by atomic mass is 16.3. The average Bonchev–Trinajstić information content (AvgIpc) is 1.82. The molecule has 0 saturated heterocycles. The molecular weight excluding hydrogens is 138 g/mol. The fourth-order valence-corrected chi connectivity index (χ4v) is 0.500. The van der Waals surface area contributed by atoms with Crippen molar-refractivity contribution in [2.24, 2.45) is 0 Å². The Bertz CT molecular complexity index is 40.1. The quantitative estimate of drug-likeness (QED) is 0.628. The van der Waals surface area contributed by atoms with Gasteiger partial charge in [-0.25, -0.2) is 0 Å². The Hall–Kier alpha value is -0.0800. The largest absolute Gasteiger partial charge is 0.394 e. The molecule has 0 aromatic heterocycles. The van der Waals surface area contributed by atoms with Gasteiger partial charge >= 0.3 is 0 Å². The van der Waals surface area contributed by atoms with Crippen molar-refractivity contribution in [3.8, 4) is 0 Å². The van der Waals surface area contributed by atoms with Gasteiger partial charge in [-0.15, -0.1) is 0 Å². The van der Waals surface area contributed by atoms with Crippen molar-refractivity contribution < 1.29 is 5.11 Å². The van der Waals surface area contributed by atoms with E-state index in [-0.39, 0.29) is 12.3 Å². The van der Waals surface area contributed by atoms with Gasteiger partial charge in [-0.05, 0) is 13.8 Å². The third-order valence-corrected chi connectivity index (χ3v) is 0.957. The highest BCUT2D eigenvalue weighted by molar-refractivity contribution is 4.31. The topological polar surface area (TPSA) is 55.2 Å². The summed E-state index contributed by atoms with van der Waals surface area (Å²) in [6, 6.07) is 0. The molecule has 0 heterocycles. The van der Waals surface area contributed by atoms with Gasteiger partial charge in [0.1, 0.15) is 0 Å². The zero-order valence-electron chi connectivity index (χ0n) is 8.56. The monoisotopic (exact) mass is 163 g/mol. The Morgan fingerprint density at radius 1 is 1.00 bits per heavy atom. The molecule has 0 rings (SSSR count). The van der Waals surface area contributed by atoms with Crippen molar-refractivity contribution in [3.05, 3.63) is 0 Å². The van der Waals surface area contributed by atoms with Gasteiger partial charge in [-0.1, -0.05) is 39.5 Å². The van der Waals surface area contributed by atoms with E-state index in [9.17, 15) is 0 Å². The first-order chi connectivity index (χ1) is 4.65. The summed E-state index contributed by atoms with van der Waals surface area (Å²) >= 11 is 0. The summed E-state index contributed by atoms with van der Waals surface area (Å²) in [4.78, 5) is 0. The van der Waals surface area contributed by atoms with E-state index in [0.29, 0.717) is 0 Å². The van der Waals surface area contributed by atoms with Crippen molar-refractivity contribution in [3.63, 3.8) is 0 Å². The molecule has 2 heteroatoms. The molecule has 0 radical (unpaired) electrons. The summed E-state index contributed by atoms with van der Waals surface area (Å²) in [7, 11) is 0. The van der Waals surface area contributed by atoms with Crippen molar-refractivity contribution >= 4 is 0 Å². The Kier molecular flexibility index (Phi) is 25.7. The number of aliphatic hydroxyl groups is 1. The molecule has 0 aromatic carbocycles. The van der Waals surface area contributed by atoms with Gasteiger partial charge in [0.15, 0.2) is 0 Å². The highest BCUT2D eigenvalue weighted by Crippen LogP contribution is 1.95. The van der Waals surface area contributed by atoms with Gasteiger partial charge in [0.2, 0.25) is 0 Å². The molecule has 0 amide bonds. The average molecular weight is 163 g/mol. The van der Waals surface area contributed by atoms with Crippen LogP contribution in [0, 0.1) is 0 Å². The van der Waals surface area contributed by atoms with Crippen LogP contribution in [0.25, 0.3) is 0 Å². The van der Waals surface area contributed by atoms with E-state index in [4.69, 9.17) is 5.11 Å². The molecule has 4 N–H and O–H groups in total. The molecule has 0 aliphatic rings. The molecule has 0 bridgehead atoms. The lowest BCUT2D eigenvalue weighted by atomic mass is 10.2. The van der Waals surface area contributed by atoms with Crippen LogP contribution in [-0.2, 0) is 0 Å². The lowest BCUT2D eigenvalue weighted by Crippen LogP contribution is -1.85. The molecule has 11 heavy (non-hydrogen) atoms. The number of aliphatic hydroxyl groups excluding tert-OH is 1. The minimum absolute atomic E-state index is 0. The van der Waals surface area contributed by atoms with Gasteiger partial charge in [-0.3, -0.25) is 0 Å². The Morgan fingerprint density at radius 3 is 1.27 bits per heavy atom. The summed E-state index contributed by atoms with van der Waals surface area (Å²) < 4.78 is 0. The first kappa shape index (κ1) is 17.1. The third-order valence-electron chi connectivity index (χ3n) is 0.957. The number of rotatable bonds is 3. The maximum absolute atomic E-state index is 8.06. The zero-order valence-corrected chi connectivity index (χ0v) is 8.56. The molecule has 0 unspecified atom stereocenters. The summed E-state index contributed by atoms with van der Waals surface area (Å²) in [6.07, 6.45) is 5.37. The van der Waals surface area contributed by atoms with Crippen molar-refractivity contribution in [1.82, 2.24) is 6.15 Å². The molecule has 0 aromatic rings. The van der Waals surface area contributed by atoms with E-state index in [2.05, 4.69) is 13.8 Å². The van der Waals surface area contributed by atoms with Crippen LogP contribution >= 0.6 is 0 Å². The van der Waals surface area contributed by atoms with Crippen molar-refractivity contribution in [1.29, 1.82) is 0 Å². The SMILES string of the molecule is CC(C)O.CCCCCC.N. The third kappa shape index (κ3) is 73.0. The van der Waals surface area contributed by atoms with Crippen LogP contribution in [0.1, 0.15) is 53.4 Å². The highest BCUT2D eigenvalue weighted by Gasteiger charge is 1.75. The number of hydrogen-bond donors (Lipinski definition) is 2.